The van der Waals surface area contributed by atoms with E-state index < -0.39 is 0 Å². The number of isocyanates is 1. The van der Waals surface area contributed by atoms with Crippen molar-refractivity contribution in [2.75, 3.05) is 18.0 Å². The fraction of sp³-hybridized carbons (Fsp3) is 0.526. The van der Waals surface area contributed by atoms with E-state index in [9.17, 15) is 4.79 Å². The van der Waals surface area contributed by atoms with Gasteiger partial charge in [0.15, 0.2) is 0 Å². The summed E-state index contributed by atoms with van der Waals surface area (Å²) in [7, 11) is 2.18. The van der Waals surface area contributed by atoms with Gasteiger partial charge < -0.3 is 9.47 Å². The lowest BCUT2D eigenvalue weighted by Crippen LogP contribution is -2.39. The van der Waals surface area contributed by atoms with E-state index in [4.69, 9.17) is 0 Å². The highest BCUT2D eigenvalue weighted by molar-refractivity contribution is 5.92. The Morgan fingerprint density at radius 2 is 2.04 bits per heavy atom. The lowest BCUT2D eigenvalue weighted by molar-refractivity contribution is 0.256. The van der Waals surface area contributed by atoms with Gasteiger partial charge >= 0.3 is 0 Å². The van der Waals surface area contributed by atoms with E-state index in [-0.39, 0.29) is 5.54 Å². The Kier molecular flexibility index (Phi) is 2.61. The van der Waals surface area contributed by atoms with E-state index in [0.717, 1.165) is 19.3 Å². The molecule has 0 spiro atoms. The largest absolute Gasteiger partial charge is 0.358 e. The molecule has 0 atom stereocenters. The first-order valence-corrected chi connectivity index (χ1v) is 8.70. The molecule has 2 aromatic rings. The van der Waals surface area contributed by atoms with Crippen LogP contribution in [0.4, 0.5) is 5.82 Å². The molecule has 0 radical (unpaired) electrons. The Morgan fingerprint density at radius 3 is 2.70 bits per heavy atom. The number of aromatic nitrogens is 1. The second-order valence-corrected chi connectivity index (χ2v) is 7.38. The van der Waals surface area contributed by atoms with Gasteiger partial charge in [-0.2, -0.15) is 4.99 Å². The van der Waals surface area contributed by atoms with E-state index in [2.05, 4.69) is 39.7 Å². The standard InChI is InChI=1S/C19H21N3O/c1-21-16-4-3-14(19(20-12-23)7-2-8-19)11-15(16)17-13-5-9-22(10-6-13)18(17)21/h3-4,11,13H,2,5-10H2,1H3. The molecule has 0 N–H and O–H groups in total. The van der Waals surface area contributed by atoms with Crippen molar-refractivity contribution in [2.24, 2.45) is 12.0 Å². The van der Waals surface area contributed by atoms with Gasteiger partial charge in [-0.05, 0) is 55.7 Å². The van der Waals surface area contributed by atoms with Crippen molar-refractivity contribution in [1.29, 1.82) is 0 Å². The molecule has 4 aliphatic rings. The molecule has 6 rings (SSSR count). The highest BCUT2D eigenvalue weighted by atomic mass is 16.1. The van der Waals surface area contributed by atoms with Gasteiger partial charge in [0.05, 0.1) is 5.54 Å². The number of hydrogen-bond donors (Lipinski definition) is 0. The van der Waals surface area contributed by atoms with Gasteiger partial charge in [-0.3, -0.25) is 0 Å². The molecule has 0 unspecified atom stereocenters. The second kappa shape index (κ2) is 4.48. The summed E-state index contributed by atoms with van der Waals surface area (Å²) in [5, 5.41) is 1.38. The van der Waals surface area contributed by atoms with Crippen LogP contribution in [0.3, 0.4) is 0 Å². The lowest BCUT2D eigenvalue weighted by Gasteiger charge is -2.41. The monoisotopic (exact) mass is 307 g/mol. The summed E-state index contributed by atoms with van der Waals surface area (Å²) in [6.45, 7) is 2.38. The molecule has 1 aromatic carbocycles. The molecule has 23 heavy (non-hydrogen) atoms. The third-order valence-electron chi connectivity index (χ3n) is 6.39. The van der Waals surface area contributed by atoms with Crippen molar-refractivity contribution in [1.82, 2.24) is 4.57 Å². The number of hydrogen-bond acceptors (Lipinski definition) is 3. The number of aryl methyl sites for hydroxylation is 1. The summed E-state index contributed by atoms with van der Waals surface area (Å²) in [5.74, 6) is 2.11. The molecule has 4 heteroatoms. The number of piperidine rings is 1. The molecule has 0 amide bonds. The minimum Gasteiger partial charge on any atom is -0.358 e. The zero-order valence-corrected chi connectivity index (χ0v) is 13.5. The number of rotatable bonds is 2. The van der Waals surface area contributed by atoms with Crippen molar-refractivity contribution >= 4 is 22.8 Å². The molecular formula is C19H21N3O. The van der Waals surface area contributed by atoms with Crippen LogP contribution in [0.25, 0.3) is 10.9 Å². The zero-order chi connectivity index (χ0) is 15.6. The first kappa shape index (κ1) is 13.4. The van der Waals surface area contributed by atoms with Crippen LogP contribution in [0.15, 0.2) is 23.2 Å². The molecule has 118 valence electrons. The minimum absolute atomic E-state index is 0.299. The topological polar surface area (TPSA) is 37.6 Å². The van der Waals surface area contributed by atoms with E-state index in [1.165, 1.54) is 53.8 Å². The number of fused-ring (bicyclic) bond motifs is 3. The molecule has 4 nitrogen and oxygen atoms in total. The highest BCUT2D eigenvalue weighted by Gasteiger charge is 2.40. The van der Waals surface area contributed by atoms with Crippen LogP contribution in [0, 0.1) is 0 Å². The first-order chi connectivity index (χ1) is 11.2. The van der Waals surface area contributed by atoms with Crippen molar-refractivity contribution in [3.05, 3.63) is 29.3 Å². The molecule has 1 aliphatic carbocycles. The third kappa shape index (κ3) is 1.62. The SMILES string of the molecule is Cn1c2c(c3cc(C4(N=C=O)CCC4)ccc31)C1CCN2CC1. The Labute approximate surface area is 135 Å². The van der Waals surface area contributed by atoms with Crippen LogP contribution >= 0.6 is 0 Å². The molecule has 1 saturated carbocycles. The van der Waals surface area contributed by atoms with Crippen molar-refractivity contribution < 1.29 is 4.79 Å². The molecular weight excluding hydrogens is 286 g/mol. The maximum Gasteiger partial charge on any atom is 0.235 e. The lowest BCUT2D eigenvalue weighted by atomic mass is 9.72. The Hall–Kier alpha value is -2.06. The molecule has 2 bridgehead atoms. The maximum atomic E-state index is 10.9. The summed E-state index contributed by atoms with van der Waals surface area (Å²) < 4.78 is 2.36. The predicted octanol–water partition coefficient (Wildman–Crippen LogP) is 3.59. The van der Waals surface area contributed by atoms with Crippen LogP contribution in [0.5, 0.6) is 0 Å². The smallest absolute Gasteiger partial charge is 0.235 e. The summed E-state index contributed by atoms with van der Waals surface area (Å²) in [6.07, 6.45) is 7.44. The molecule has 3 aliphatic heterocycles. The Balaban J connectivity index is 1.75. The van der Waals surface area contributed by atoms with Crippen LogP contribution in [-0.2, 0) is 17.4 Å². The minimum atomic E-state index is -0.299. The average Bonchev–Trinajstić information content (AvgIpc) is 2.87. The van der Waals surface area contributed by atoms with Crippen LogP contribution < -0.4 is 4.90 Å². The molecule has 4 heterocycles. The number of aliphatic imine (C=N–C) groups is 1. The highest BCUT2D eigenvalue weighted by Crippen LogP contribution is 2.50. The van der Waals surface area contributed by atoms with Crippen molar-refractivity contribution in [2.45, 2.75) is 43.6 Å². The van der Waals surface area contributed by atoms with Crippen molar-refractivity contribution in [3.63, 3.8) is 0 Å². The fourth-order valence-electron chi connectivity index (χ4n) is 4.98. The molecule has 1 aromatic heterocycles. The number of carbonyl (C=O) groups excluding carboxylic acids is 1. The zero-order valence-electron chi connectivity index (χ0n) is 13.5. The Morgan fingerprint density at radius 1 is 1.26 bits per heavy atom. The van der Waals surface area contributed by atoms with Gasteiger partial charge in [0.1, 0.15) is 5.82 Å². The van der Waals surface area contributed by atoms with Gasteiger partial charge in [-0.25, -0.2) is 4.79 Å². The first-order valence-electron chi connectivity index (χ1n) is 8.70. The van der Waals surface area contributed by atoms with E-state index in [0.29, 0.717) is 5.92 Å². The molecule has 2 fully saturated rings. The van der Waals surface area contributed by atoms with Crippen molar-refractivity contribution in [3.8, 4) is 0 Å². The van der Waals surface area contributed by atoms with Gasteiger partial charge in [0.2, 0.25) is 6.08 Å². The van der Waals surface area contributed by atoms with Gasteiger partial charge in [0, 0.05) is 36.6 Å². The van der Waals surface area contributed by atoms with Crippen LogP contribution in [0.2, 0.25) is 0 Å². The second-order valence-electron chi connectivity index (χ2n) is 7.38. The fourth-order valence-corrected chi connectivity index (χ4v) is 4.98. The van der Waals surface area contributed by atoms with E-state index >= 15 is 0 Å². The normalized spacial score (nSPS) is 21.9. The number of anilines is 1. The quantitative estimate of drug-likeness (QED) is 0.628. The number of nitrogens with zero attached hydrogens (tertiary/aromatic N) is 3. The number of benzene rings is 1. The van der Waals surface area contributed by atoms with Gasteiger partial charge in [-0.1, -0.05) is 6.07 Å². The Bertz CT molecular complexity index is 847. The van der Waals surface area contributed by atoms with Crippen LogP contribution in [0.1, 0.15) is 49.1 Å². The summed E-state index contributed by atoms with van der Waals surface area (Å²) in [6, 6.07) is 6.71. The summed E-state index contributed by atoms with van der Waals surface area (Å²) in [4.78, 5) is 17.6. The average molecular weight is 307 g/mol. The summed E-state index contributed by atoms with van der Waals surface area (Å²) >= 11 is 0. The van der Waals surface area contributed by atoms with Gasteiger partial charge in [0.25, 0.3) is 0 Å². The van der Waals surface area contributed by atoms with Gasteiger partial charge in [-0.15, -0.1) is 0 Å². The maximum absolute atomic E-state index is 10.9. The van der Waals surface area contributed by atoms with E-state index in [1.807, 2.05) is 6.08 Å². The molecule has 1 saturated heterocycles. The van der Waals surface area contributed by atoms with Crippen LogP contribution in [-0.4, -0.2) is 23.7 Å². The van der Waals surface area contributed by atoms with E-state index in [1.54, 1.807) is 0 Å². The summed E-state index contributed by atoms with van der Waals surface area (Å²) in [5.41, 5.74) is 3.74. The predicted molar refractivity (Wildman–Crippen MR) is 90.8 cm³/mol. The third-order valence-corrected chi connectivity index (χ3v) is 6.39.